The van der Waals surface area contributed by atoms with E-state index in [4.69, 9.17) is 5.73 Å². The fraction of sp³-hybridized carbons (Fsp3) is 0.929. The quantitative estimate of drug-likeness (QED) is 0.808. The first-order valence-electron chi connectivity index (χ1n) is 7.12. The first-order valence-corrected chi connectivity index (χ1v) is 8.51. The summed E-state index contributed by atoms with van der Waals surface area (Å²) < 4.78 is 0. The van der Waals surface area contributed by atoms with E-state index in [2.05, 4.69) is 20.1 Å². The average Bonchev–Trinajstić information content (AvgIpc) is 2.44. The van der Waals surface area contributed by atoms with Crippen LogP contribution < -0.4 is 5.73 Å². The summed E-state index contributed by atoms with van der Waals surface area (Å²) in [7, 11) is 0. The van der Waals surface area contributed by atoms with E-state index >= 15 is 0 Å². The zero-order valence-electron chi connectivity index (χ0n) is 12.1. The zero-order valence-corrected chi connectivity index (χ0v) is 12.9. The normalized spacial score (nSPS) is 20.8. The molecule has 0 spiro atoms. The number of amides is 1. The summed E-state index contributed by atoms with van der Waals surface area (Å²) in [5.74, 6) is 1.12. The smallest absolute Gasteiger partial charge is 0.239 e. The lowest BCUT2D eigenvalue weighted by Gasteiger charge is -2.41. The summed E-state index contributed by atoms with van der Waals surface area (Å²) in [6.45, 7) is 6.33. The molecule has 0 aromatic rings. The van der Waals surface area contributed by atoms with Crippen molar-refractivity contribution in [3.05, 3.63) is 0 Å². The maximum Gasteiger partial charge on any atom is 0.239 e. The minimum Gasteiger partial charge on any atom is -0.341 e. The predicted molar refractivity (Wildman–Crippen MR) is 79.8 cm³/mol. The molecule has 1 rings (SSSR count). The third-order valence-corrected chi connectivity index (χ3v) is 5.23. The van der Waals surface area contributed by atoms with Crippen LogP contribution in [0.2, 0.25) is 0 Å². The highest BCUT2D eigenvalue weighted by Crippen LogP contribution is 2.37. The van der Waals surface area contributed by atoms with Crippen molar-refractivity contribution < 1.29 is 4.79 Å². The molecule has 4 heteroatoms. The van der Waals surface area contributed by atoms with Gasteiger partial charge < -0.3 is 10.6 Å². The van der Waals surface area contributed by atoms with Crippen LogP contribution in [0.15, 0.2) is 0 Å². The van der Waals surface area contributed by atoms with Crippen molar-refractivity contribution >= 4 is 17.7 Å². The number of nitrogens with two attached hydrogens (primary N) is 1. The molecule has 1 heterocycles. The SMILES string of the molecule is CCC1(CC)CCN(C(=O)[C@H](N)CCSC)CC1. The van der Waals surface area contributed by atoms with Gasteiger partial charge in [-0.2, -0.15) is 11.8 Å². The summed E-state index contributed by atoms with van der Waals surface area (Å²) in [5, 5.41) is 0. The lowest BCUT2D eigenvalue weighted by atomic mass is 9.74. The molecule has 1 amide bonds. The van der Waals surface area contributed by atoms with Gasteiger partial charge in [0.05, 0.1) is 6.04 Å². The molecule has 0 unspecified atom stereocenters. The number of carbonyl (C=O) groups excluding carboxylic acids is 1. The maximum atomic E-state index is 12.2. The van der Waals surface area contributed by atoms with Crippen LogP contribution in [0.4, 0.5) is 0 Å². The van der Waals surface area contributed by atoms with Crippen molar-refractivity contribution in [2.45, 2.75) is 52.0 Å². The molecule has 0 aromatic heterocycles. The van der Waals surface area contributed by atoms with Gasteiger partial charge in [0.15, 0.2) is 0 Å². The maximum absolute atomic E-state index is 12.2. The molecule has 3 nitrogen and oxygen atoms in total. The third-order valence-electron chi connectivity index (χ3n) is 4.59. The molecule has 1 fully saturated rings. The highest BCUT2D eigenvalue weighted by molar-refractivity contribution is 7.98. The molecule has 1 atom stereocenters. The number of nitrogens with zero attached hydrogens (tertiary/aromatic N) is 1. The van der Waals surface area contributed by atoms with Crippen LogP contribution in [-0.2, 0) is 4.79 Å². The minimum absolute atomic E-state index is 0.157. The lowest BCUT2D eigenvalue weighted by Crippen LogP contribution is -2.49. The van der Waals surface area contributed by atoms with Gasteiger partial charge in [-0.15, -0.1) is 0 Å². The van der Waals surface area contributed by atoms with Gasteiger partial charge in [-0.3, -0.25) is 4.79 Å². The minimum atomic E-state index is -0.298. The van der Waals surface area contributed by atoms with Crippen molar-refractivity contribution in [1.29, 1.82) is 0 Å². The number of piperidine rings is 1. The highest BCUT2D eigenvalue weighted by atomic mass is 32.2. The molecule has 0 radical (unpaired) electrons. The Morgan fingerprint density at radius 1 is 1.33 bits per heavy atom. The third kappa shape index (κ3) is 3.89. The van der Waals surface area contributed by atoms with Gasteiger partial charge in [0.2, 0.25) is 5.91 Å². The Bertz CT molecular complexity index is 257. The first kappa shape index (κ1) is 15.8. The highest BCUT2D eigenvalue weighted by Gasteiger charge is 2.33. The fourth-order valence-electron chi connectivity index (χ4n) is 2.76. The van der Waals surface area contributed by atoms with Crippen LogP contribution in [0.25, 0.3) is 0 Å². The van der Waals surface area contributed by atoms with E-state index in [1.165, 1.54) is 12.8 Å². The molecule has 0 aliphatic carbocycles. The average molecular weight is 272 g/mol. The lowest BCUT2D eigenvalue weighted by molar-refractivity contribution is -0.135. The van der Waals surface area contributed by atoms with E-state index in [0.29, 0.717) is 5.41 Å². The van der Waals surface area contributed by atoms with Crippen molar-refractivity contribution in [3.8, 4) is 0 Å². The van der Waals surface area contributed by atoms with E-state index < -0.39 is 0 Å². The number of rotatable bonds is 6. The second kappa shape index (κ2) is 7.39. The van der Waals surface area contributed by atoms with Gasteiger partial charge in [0.1, 0.15) is 0 Å². The van der Waals surface area contributed by atoms with Crippen LogP contribution in [0.3, 0.4) is 0 Å². The van der Waals surface area contributed by atoms with Gasteiger partial charge in [0, 0.05) is 13.1 Å². The Balaban J connectivity index is 2.44. The van der Waals surface area contributed by atoms with Crippen molar-refractivity contribution in [3.63, 3.8) is 0 Å². The number of carbonyl (C=O) groups is 1. The van der Waals surface area contributed by atoms with Crippen LogP contribution in [0.1, 0.15) is 46.0 Å². The van der Waals surface area contributed by atoms with Crippen LogP contribution >= 0.6 is 11.8 Å². The summed E-state index contributed by atoms with van der Waals surface area (Å²) in [4.78, 5) is 14.2. The molecule has 0 bridgehead atoms. The van der Waals surface area contributed by atoms with Crippen molar-refractivity contribution in [2.24, 2.45) is 11.1 Å². The Kier molecular flexibility index (Phi) is 6.50. The number of likely N-dealkylation sites (tertiary alicyclic amines) is 1. The topological polar surface area (TPSA) is 46.3 Å². The summed E-state index contributed by atoms with van der Waals surface area (Å²) >= 11 is 1.75. The van der Waals surface area contributed by atoms with Crippen LogP contribution in [0.5, 0.6) is 0 Å². The van der Waals surface area contributed by atoms with E-state index in [1.54, 1.807) is 11.8 Å². The van der Waals surface area contributed by atoms with Crippen LogP contribution in [0, 0.1) is 5.41 Å². The Morgan fingerprint density at radius 3 is 2.33 bits per heavy atom. The molecule has 0 aromatic carbocycles. The van der Waals surface area contributed by atoms with Gasteiger partial charge in [-0.25, -0.2) is 0 Å². The Morgan fingerprint density at radius 2 is 1.89 bits per heavy atom. The standard InChI is InChI=1S/C14H28N2OS/c1-4-14(5-2)7-9-16(10-8-14)13(17)12(15)6-11-18-3/h12H,4-11,15H2,1-3H3/t12-/m1/s1. The van der Waals surface area contributed by atoms with E-state index in [1.807, 2.05) is 4.90 Å². The summed E-state index contributed by atoms with van der Waals surface area (Å²) in [6, 6.07) is -0.298. The van der Waals surface area contributed by atoms with Crippen molar-refractivity contribution in [1.82, 2.24) is 4.90 Å². The van der Waals surface area contributed by atoms with E-state index in [-0.39, 0.29) is 11.9 Å². The molecular formula is C14H28N2OS. The molecule has 1 aliphatic rings. The summed E-state index contributed by atoms with van der Waals surface area (Å²) in [5.41, 5.74) is 6.43. The summed E-state index contributed by atoms with van der Waals surface area (Å²) in [6.07, 6.45) is 7.58. The van der Waals surface area contributed by atoms with Gasteiger partial charge >= 0.3 is 0 Å². The zero-order chi connectivity index (χ0) is 13.6. The number of hydrogen-bond donors (Lipinski definition) is 1. The van der Waals surface area contributed by atoms with Crippen molar-refractivity contribution in [2.75, 3.05) is 25.1 Å². The molecule has 1 saturated heterocycles. The molecule has 0 saturated carbocycles. The predicted octanol–water partition coefficient (Wildman–Crippen LogP) is 2.50. The van der Waals surface area contributed by atoms with Gasteiger partial charge in [0.25, 0.3) is 0 Å². The molecule has 18 heavy (non-hydrogen) atoms. The largest absolute Gasteiger partial charge is 0.341 e. The monoisotopic (exact) mass is 272 g/mol. The van der Waals surface area contributed by atoms with Gasteiger partial charge in [-0.1, -0.05) is 26.7 Å². The second-order valence-corrected chi connectivity index (χ2v) is 6.41. The molecule has 2 N–H and O–H groups in total. The second-order valence-electron chi connectivity index (χ2n) is 5.42. The van der Waals surface area contributed by atoms with E-state index in [0.717, 1.165) is 38.1 Å². The van der Waals surface area contributed by atoms with Crippen LogP contribution in [-0.4, -0.2) is 41.9 Å². The van der Waals surface area contributed by atoms with E-state index in [9.17, 15) is 4.79 Å². The Hall–Kier alpha value is -0.220. The number of thioether (sulfide) groups is 1. The fourth-order valence-corrected chi connectivity index (χ4v) is 3.25. The number of hydrogen-bond acceptors (Lipinski definition) is 3. The molecule has 1 aliphatic heterocycles. The first-order chi connectivity index (χ1) is 8.58. The molecular weight excluding hydrogens is 244 g/mol. The Labute approximate surface area is 116 Å². The molecule has 106 valence electrons. The van der Waals surface area contributed by atoms with Gasteiger partial charge in [-0.05, 0) is 36.7 Å².